The number of methoxy groups -OCH3 is 1. The normalized spacial score (nSPS) is 20.3. The number of carbonyl (C=O) groups is 2. The molecular formula is C21H33N3O3. The van der Waals surface area contributed by atoms with Gasteiger partial charge in [-0.25, -0.2) is 4.79 Å². The summed E-state index contributed by atoms with van der Waals surface area (Å²) in [5.74, 6) is -0.537. The Labute approximate surface area is 162 Å². The fraction of sp³-hybridized carbons (Fsp3) is 0.714. The molecule has 1 amide bonds. The van der Waals surface area contributed by atoms with Crippen LogP contribution in [0.5, 0.6) is 0 Å². The van der Waals surface area contributed by atoms with Gasteiger partial charge in [0.05, 0.1) is 12.7 Å². The summed E-state index contributed by atoms with van der Waals surface area (Å²) >= 11 is 0. The molecule has 6 heteroatoms. The lowest BCUT2D eigenvalue weighted by atomic mass is 9.79. The van der Waals surface area contributed by atoms with Gasteiger partial charge in [0, 0.05) is 17.8 Å². The number of H-pyrrole nitrogens is 1. The van der Waals surface area contributed by atoms with Gasteiger partial charge < -0.3 is 15.0 Å². The lowest BCUT2D eigenvalue weighted by molar-refractivity contribution is 0.0326. The molecule has 0 bridgehead atoms. The Hall–Kier alpha value is -1.82. The number of aromatic nitrogens is 1. The van der Waals surface area contributed by atoms with Crippen LogP contribution in [0.1, 0.15) is 83.5 Å². The number of nitrogens with one attached hydrogen (secondary N) is 2. The van der Waals surface area contributed by atoms with E-state index >= 15 is 0 Å². The van der Waals surface area contributed by atoms with Crippen LogP contribution in [0.4, 0.5) is 0 Å². The molecule has 3 rings (SSSR count). The summed E-state index contributed by atoms with van der Waals surface area (Å²) in [7, 11) is 1.36. The van der Waals surface area contributed by atoms with Crippen LogP contribution in [0.2, 0.25) is 0 Å². The molecule has 150 valence electrons. The van der Waals surface area contributed by atoms with E-state index in [4.69, 9.17) is 4.74 Å². The van der Waals surface area contributed by atoms with E-state index in [1.165, 1.54) is 45.6 Å². The summed E-state index contributed by atoms with van der Waals surface area (Å²) in [6.45, 7) is 6.56. The second-order valence-electron chi connectivity index (χ2n) is 8.13. The predicted octanol–water partition coefficient (Wildman–Crippen LogP) is 3.34. The summed E-state index contributed by atoms with van der Waals surface area (Å²) in [6.07, 6.45) is 9.91. The molecule has 1 saturated heterocycles. The summed E-state index contributed by atoms with van der Waals surface area (Å²) < 4.78 is 4.84. The van der Waals surface area contributed by atoms with Gasteiger partial charge in [0.2, 0.25) is 0 Å². The zero-order chi connectivity index (χ0) is 19.4. The lowest BCUT2D eigenvalue weighted by Crippen LogP contribution is -2.58. The summed E-state index contributed by atoms with van der Waals surface area (Å²) in [4.78, 5) is 30.6. The number of hydrogen-bond acceptors (Lipinski definition) is 4. The zero-order valence-corrected chi connectivity index (χ0v) is 17.0. The van der Waals surface area contributed by atoms with Crippen LogP contribution < -0.4 is 5.32 Å². The quantitative estimate of drug-likeness (QED) is 0.774. The van der Waals surface area contributed by atoms with Crippen LogP contribution in [0.15, 0.2) is 0 Å². The Bertz CT molecular complexity index is 683. The highest BCUT2D eigenvalue weighted by Gasteiger charge is 2.38. The lowest BCUT2D eigenvalue weighted by Gasteiger charge is -2.48. The standard InChI is InChI=1S/C21H33N3O3/c1-15-17(20(26)27-3)16(2)23-18(15)19(25)22-14-21(10-6-4-7-11-21)24-12-8-5-9-13-24/h23H,4-14H2,1-3H3,(H,22,25). The van der Waals surface area contributed by atoms with Gasteiger partial charge >= 0.3 is 5.97 Å². The van der Waals surface area contributed by atoms with Crippen molar-refractivity contribution in [3.63, 3.8) is 0 Å². The van der Waals surface area contributed by atoms with Gasteiger partial charge in [0.25, 0.3) is 5.91 Å². The molecule has 6 nitrogen and oxygen atoms in total. The van der Waals surface area contributed by atoms with Gasteiger partial charge in [-0.1, -0.05) is 25.7 Å². The fourth-order valence-corrected chi connectivity index (χ4v) is 4.90. The molecular weight excluding hydrogens is 342 g/mol. The first kappa shape index (κ1) is 19.9. The number of carbonyl (C=O) groups excluding carboxylic acids is 2. The van der Waals surface area contributed by atoms with E-state index in [-0.39, 0.29) is 11.4 Å². The Morgan fingerprint density at radius 2 is 1.70 bits per heavy atom. The molecule has 27 heavy (non-hydrogen) atoms. The molecule has 1 aromatic rings. The highest BCUT2D eigenvalue weighted by atomic mass is 16.5. The minimum absolute atomic E-state index is 0.0923. The second-order valence-corrected chi connectivity index (χ2v) is 8.13. The number of aromatic amines is 1. The highest BCUT2D eigenvalue weighted by molar-refractivity contribution is 6.00. The van der Waals surface area contributed by atoms with Crippen molar-refractivity contribution in [2.24, 2.45) is 0 Å². The maximum atomic E-state index is 12.9. The SMILES string of the molecule is COC(=O)c1c(C)[nH]c(C(=O)NCC2(N3CCCCC3)CCCCC2)c1C. The summed E-state index contributed by atoms with van der Waals surface area (Å²) in [6, 6.07) is 0. The van der Waals surface area contributed by atoms with Crippen molar-refractivity contribution in [2.45, 2.75) is 70.8 Å². The van der Waals surface area contributed by atoms with Crippen molar-refractivity contribution in [1.82, 2.24) is 15.2 Å². The number of esters is 1. The third kappa shape index (κ3) is 4.05. The Kier molecular flexibility index (Phi) is 6.25. The maximum Gasteiger partial charge on any atom is 0.339 e. The number of piperidine rings is 1. The van der Waals surface area contributed by atoms with Crippen LogP contribution in [-0.2, 0) is 4.74 Å². The van der Waals surface area contributed by atoms with E-state index in [1.807, 2.05) is 0 Å². The average Bonchev–Trinajstić information content (AvgIpc) is 3.01. The monoisotopic (exact) mass is 375 g/mol. The topological polar surface area (TPSA) is 74.4 Å². The summed E-state index contributed by atoms with van der Waals surface area (Å²) in [5.41, 5.74) is 2.36. The number of likely N-dealkylation sites (tertiary alicyclic amines) is 1. The van der Waals surface area contributed by atoms with Crippen molar-refractivity contribution < 1.29 is 14.3 Å². The van der Waals surface area contributed by atoms with E-state index < -0.39 is 5.97 Å². The second kappa shape index (κ2) is 8.46. The van der Waals surface area contributed by atoms with Crippen LogP contribution in [0.3, 0.4) is 0 Å². The number of ether oxygens (including phenoxy) is 1. The zero-order valence-electron chi connectivity index (χ0n) is 17.0. The molecule has 1 aromatic heterocycles. The molecule has 1 saturated carbocycles. The van der Waals surface area contributed by atoms with Crippen molar-refractivity contribution in [2.75, 3.05) is 26.7 Å². The minimum atomic E-state index is -0.405. The highest BCUT2D eigenvalue weighted by Crippen LogP contribution is 2.35. The predicted molar refractivity (Wildman–Crippen MR) is 105 cm³/mol. The van der Waals surface area contributed by atoms with Crippen molar-refractivity contribution in [1.29, 1.82) is 0 Å². The number of rotatable bonds is 5. The van der Waals surface area contributed by atoms with E-state index in [0.717, 1.165) is 25.9 Å². The van der Waals surface area contributed by atoms with Crippen LogP contribution in [0.25, 0.3) is 0 Å². The molecule has 2 aliphatic rings. The number of nitrogens with zero attached hydrogens (tertiary/aromatic N) is 1. The van der Waals surface area contributed by atoms with Gasteiger partial charge in [-0.05, 0) is 58.2 Å². The van der Waals surface area contributed by atoms with Crippen molar-refractivity contribution in [3.05, 3.63) is 22.5 Å². The fourth-order valence-electron chi connectivity index (χ4n) is 4.90. The van der Waals surface area contributed by atoms with Gasteiger partial charge in [0.15, 0.2) is 0 Å². The average molecular weight is 376 g/mol. The minimum Gasteiger partial charge on any atom is -0.465 e. The Morgan fingerprint density at radius 3 is 2.33 bits per heavy atom. The van der Waals surface area contributed by atoms with Crippen molar-refractivity contribution >= 4 is 11.9 Å². The van der Waals surface area contributed by atoms with Gasteiger partial charge in [-0.15, -0.1) is 0 Å². The van der Waals surface area contributed by atoms with E-state index in [0.29, 0.717) is 29.1 Å². The Balaban J connectivity index is 1.74. The molecule has 0 atom stereocenters. The number of hydrogen-bond donors (Lipinski definition) is 2. The maximum absolute atomic E-state index is 12.9. The largest absolute Gasteiger partial charge is 0.465 e. The molecule has 0 spiro atoms. The third-order valence-corrected chi connectivity index (χ3v) is 6.44. The molecule has 2 N–H and O–H groups in total. The molecule has 1 aliphatic carbocycles. The van der Waals surface area contributed by atoms with Crippen molar-refractivity contribution in [3.8, 4) is 0 Å². The third-order valence-electron chi connectivity index (χ3n) is 6.44. The number of amides is 1. The molecule has 1 aliphatic heterocycles. The van der Waals surface area contributed by atoms with Crippen LogP contribution in [0, 0.1) is 13.8 Å². The molecule has 0 radical (unpaired) electrons. The molecule has 2 fully saturated rings. The number of aryl methyl sites for hydroxylation is 1. The van der Waals surface area contributed by atoms with E-state index in [9.17, 15) is 9.59 Å². The van der Waals surface area contributed by atoms with Crippen LogP contribution >= 0.6 is 0 Å². The first-order valence-corrected chi connectivity index (χ1v) is 10.3. The Morgan fingerprint density at radius 1 is 1.07 bits per heavy atom. The molecule has 0 unspecified atom stereocenters. The van der Waals surface area contributed by atoms with Gasteiger partial charge in [-0.2, -0.15) is 0 Å². The van der Waals surface area contributed by atoms with E-state index in [1.54, 1.807) is 13.8 Å². The van der Waals surface area contributed by atoms with E-state index in [2.05, 4.69) is 15.2 Å². The molecule has 0 aromatic carbocycles. The first-order chi connectivity index (χ1) is 13.0. The van der Waals surface area contributed by atoms with Gasteiger partial charge in [0.1, 0.15) is 5.69 Å². The first-order valence-electron chi connectivity index (χ1n) is 10.3. The molecule has 2 heterocycles. The summed E-state index contributed by atoms with van der Waals surface area (Å²) in [5, 5.41) is 3.18. The van der Waals surface area contributed by atoms with Gasteiger partial charge in [-0.3, -0.25) is 9.69 Å². The van der Waals surface area contributed by atoms with Crippen LogP contribution in [-0.4, -0.2) is 54.0 Å². The smallest absolute Gasteiger partial charge is 0.339 e.